The molecule has 0 unspecified atom stereocenters. The Morgan fingerprint density at radius 2 is 2.25 bits per heavy atom. The van der Waals surface area contributed by atoms with Crippen LogP contribution in [0.2, 0.25) is 0 Å². The summed E-state index contributed by atoms with van der Waals surface area (Å²) in [7, 11) is 1.40. The number of halogens is 2. The van der Waals surface area contributed by atoms with E-state index in [0.717, 1.165) is 6.07 Å². The fourth-order valence-corrected chi connectivity index (χ4v) is 1.12. The summed E-state index contributed by atoms with van der Waals surface area (Å²) in [6, 6.07) is 2.41. The lowest BCUT2D eigenvalue weighted by atomic mass is 10.3. The molecule has 0 bridgehead atoms. The van der Waals surface area contributed by atoms with Crippen molar-refractivity contribution >= 4 is 17.3 Å². The van der Waals surface area contributed by atoms with E-state index in [1.807, 2.05) is 0 Å². The summed E-state index contributed by atoms with van der Waals surface area (Å²) in [5.74, 6) is -0.119. The van der Waals surface area contributed by atoms with Crippen LogP contribution in [0.15, 0.2) is 12.1 Å². The summed E-state index contributed by atoms with van der Waals surface area (Å²) in [6.45, 7) is -0.510. The van der Waals surface area contributed by atoms with E-state index in [-0.39, 0.29) is 17.3 Å². The van der Waals surface area contributed by atoms with Gasteiger partial charge in [-0.2, -0.15) is 0 Å². The molecule has 0 aliphatic heterocycles. The molecular formula is C8H10F2N4O2. The van der Waals surface area contributed by atoms with E-state index < -0.39 is 17.9 Å². The van der Waals surface area contributed by atoms with E-state index in [4.69, 9.17) is 5.73 Å². The number of nitro groups is 1. The van der Waals surface area contributed by atoms with Gasteiger partial charge in [-0.25, -0.2) is 13.8 Å². The summed E-state index contributed by atoms with van der Waals surface area (Å²) in [5.41, 5.74) is 4.99. The minimum Gasteiger partial charge on any atom is -0.378 e. The maximum Gasteiger partial charge on any atom is 0.311 e. The van der Waals surface area contributed by atoms with Crippen molar-refractivity contribution in [2.75, 3.05) is 24.2 Å². The van der Waals surface area contributed by atoms with Gasteiger partial charge in [-0.3, -0.25) is 10.1 Å². The Labute approximate surface area is 89.8 Å². The molecule has 0 atom stereocenters. The summed E-state index contributed by atoms with van der Waals surface area (Å²) < 4.78 is 24.1. The summed E-state index contributed by atoms with van der Waals surface area (Å²) in [6.07, 6.45) is -2.51. The van der Waals surface area contributed by atoms with Gasteiger partial charge in [0.05, 0.1) is 11.5 Å². The number of hydrogen-bond donors (Lipinski definition) is 1. The third-order valence-electron chi connectivity index (χ3n) is 1.89. The van der Waals surface area contributed by atoms with Crippen LogP contribution in [-0.4, -0.2) is 29.9 Å². The van der Waals surface area contributed by atoms with Crippen molar-refractivity contribution in [2.45, 2.75) is 6.43 Å². The number of alkyl halides is 2. The van der Waals surface area contributed by atoms with Gasteiger partial charge in [0.25, 0.3) is 6.43 Å². The average Bonchev–Trinajstić information content (AvgIpc) is 2.15. The number of nitrogens with zero attached hydrogens (tertiary/aromatic N) is 3. The first kappa shape index (κ1) is 12.1. The number of rotatable bonds is 4. The van der Waals surface area contributed by atoms with Gasteiger partial charge in [0.1, 0.15) is 5.82 Å². The lowest BCUT2D eigenvalue weighted by Crippen LogP contribution is -2.25. The SMILES string of the molecule is CN(CC(F)F)c1ccc([N+](=O)[O-])c(N)n1. The molecule has 1 heterocycles. The van der Waals surface area contributed by atoms with E-state index in [1.54, 1.807) is 0 Å². The van der Waals surface area contributed by atoms with Gasteiger partial charge in [0.2, 0.25) is 5.82 Å². The molecule has 0 aliphatic rings. The summed E-state index contributed by atoms with van der Waals surface area (Å²) >= 11 is 0. The van der Waals surface area contributed by atoms with Crippen molar-refractivity contribution in [3.63, 3.8) is 0 Å². The Bertz CT molecular complexity index is 400. The average molecular weight is 232 g/mol. The predicted octanol–water partition coefficient (Wildman–Crippen LogP) is 1.27. The highest BCUT2D eigenvalue weighted by molar-refractivity contribution is 5.57. The molecule has 16 heavy (non-hydrogen) atoms. The fraction of sp³-hybridized carbons (Fsp3) is 0.375. The molecule has 0 fully saturated rings. The van der Waals surface area contributed by atoms with Gasteiger partial charge in [0, 0.05) is 13.1 Å². The lowest BCUT2D eigenvalue weighted by molar-refractivity contribution is -0.384. The molecule has 1 aromatic heterocycles. The molecule has 0 saturated carbocycles. The number of nitrogen functional groups attached to an aromatic ring is 1. The quantitative estimate of drug-likeness (QED) is 0.624. The van der Waals surface area contributed by atoms with E-state index >= 15 is 0 Å². The van der Waals surface area contributed by atoms with Crippen molar-refractivity contribution < 1.29 is 13.7 Å². The van der Waals surface area contributed by atoms with Crippen LogP contribution in [0.1, 0.15) is 0 Å². The van der Waals surface area contributed by atoms with Crippen LogP contribution in [-0.2, 0) is 0 Å². The summed E-state index contributed by atoms with van der Waals surface area (Å²) in [5, 5.41) is 10.4. The molecule has 1 rings (SSSR count). The van der Waals surface area contributed by atoms with Gasteiger partial charge in [-0.05, 0) is 6.07 Å². The fourth-order valence-electron chi connectivity index (χ4n) is 1.12. The standard InChI is InChI=1S/C8H10F2N4O2/c1-13(4-6(9)10)7-3-2-5(14(15)16)8(11)12-7/h2-3,6H,4H2,1H3,(H2,11,12). The molecule has 88 valence electrons. The van der Waals surface area contributed by atoms with E-state index in [2.05, 4.69) is 4.98 Å². The molecule has 0 amide bonds. The molecule has 6 nitrogen and oxygen atoms in total. The molecule has 0 radical (unpaired) electrons. The van der Waals surface area contributed by atoms with Crippen LogP contribution in [0.4, 0.5) is 26.1 Å². The van der Waals surface area contributed by atoms with Crippen LogP contribution in [0, 0.1) is 10.1 Å². The van der Waals surface area contributed by atoms with Crippen molar-refractivity contribution in [1.82, 2.24) is 4.98 Å². The van der Waals surface area contributed by atoms with Crippen molar-refractivity contribution in [2.24, 2.45) is 0 Å². The van der Waals surface area contributed by atoms with Crippen molar-refractivity contribution in [1.29, 1.82) is 0 Å². The normalized spacial score (nSPS) is 10.5. The maximum atomic E-state index is 12.1. The predicted molar refractivity (Wildman–Crippen MR) is 54.6 cm³/mol. The Kier molecular flexibility index (Phi) is 3.54. The van der Waals surface area contributed by atoms with Crippen LogP contribution in [0.5, 0.6) is 0 Å². The highest BCUT2D eigenvalue weighted by atomic mass is 19.3. The van der Waals surface area contributed by atoms with Gasteiger partial charge >= 0.3 is 5.69 Å². The summed E-state index contributed by atoms with van der Waals surface area (Å²) in [4.78, 5) is 14.6. The first-order chi connectivity index (χ1) is 7.41. The minimum atomic E-state index is -2.51. The zero-order valence-electron chi connectivity index (χ0n) is 8.43. The van der Waals surface area contributed by atoms with E-state index in [0.29, 0.717) is 0 Å². The maximum absolute atomic E-state index is 12.1. The molecule has 0 aromatic carbocycles. The first-order valence-corrected chi connectivity index (χ1v) is 4.32. The lowest BCUT2D eigenvalue weighted by Gasteiger charge is -2.17. The number of hydrogen-bond acceptors (Lipinski definition) is 5. The third kappa shape index (κ3) is 2.75. The molecule has 1 aromatic rings. The zero-order chi connectivity index (χ0) is 12.3. The third-order valence-corrected chi connectivity index (χ3v) is 1.89. The molecule has 2 N–H and O–H groups in total. The highest BCUT2D eigenvalue weighted by Gasteiger charge is 2.16. The van der Waals surface area contributed by atoms with Gasteiger partial charge in [-0.1, -0.05) is 0 Å². The second-order valence-electron chi connectivity index (χ2n) is 3.10. The first-order valence-electron chi connectivity index (χ1n) is 4.32. The van der Waals surface area contributed by atoms with Crippen LogP contribution in [0.25, 0.3) is 0 Å². The van der Waals surface area contributed by atoms with Gasteiger partial charge in [-0.15, -0.1) is 0 Å². The van der Waals surface area contributed by atoms with Crippen molar-refractivity contribution in [3.05, 3.63) is 22.2 Å². The minimum absolute atomic E-state index is 0.170. The zero-order valence-corrected chi connectivity index (χ0v) is 8.43. The topological polar surface area (TPSA) is 85.3 Å². The Morgan fingerprint density at radius 1 is 1.62 bits per heavy atom. The van der Waals surface area contributed by atoms with E-state index in [9.17, 15) is 18.9 Å². The Morgan fingerprint density at radius 3 is 2.69 bits per heavy atom. The van der Waals surface area contributed by atoms with Crippen molar-refractivity contribution in [3.8, 4) is 0 Å². The molecule has 0 aliphatic carbocycles. The number of anilines is 2. The van der Waals surface area contributed by atoms with E-state index in [1.165, 1.54) is 18.0 Å². The van der Waals surface area contributed by atoms with Crippen LogP contribution >= 0.6 is 0 Å². The largest absolute Gasteiger partial charge is 0.378 e. The number of pyridine rings is 1. The van der Waals surface area contributed by atoms with Gasteiger partial charge < -0.3 is 10.6 Å². The molecule has 8 heteroatoms. The number of nitrogens with two attached hydrogens (primary N) is 1. The number of aromatic nitrogens is 1. The Balaban J connectivity index is 2.92. The van der Waals surface area contributed by atoms with Crippen LogP contribution in [0.3, 0.4) is 0 Å². The van der Waals surface area contributed by atoms with Crippen LogP contribution < -0.4 is 10.6 Å². The van der Waals surface area contributed by atoms with Gasteiger partial charge in [0.15, 0.2) is 0 Å². The molecular weight excluding hydrogens is 222 g/mol. The second kappa shape index (κ2) is 4.69. The molecule has 0 spiro atoms. The monoisotopic (exact) mass is 232 g/mol. The smallest absolute Gasteiger partial charge is 0.311 e. The second-order valence-corrected chi connectivity index (χ2v) is 3.10. The molecule has 0 saturated heterocycles. The highest BCUT2D eigenvalue weighted by Crippen LogP contribution is 2.22. The Hall–Kier alpha value is -1.99.